The van der Waals surface area contributed by atoms with Crippen molar-refractivity contribution >= 4 is 12.1 Å². The molecule has 31 heavy (non-hydrogen) atoms. The molecule has 5 rings (SSSR count). The summed E-state index contributed by atoms with van der Waals surface area (Å²) in [5.41, 5.74) is 3.47. The van der Waals surface area contributed by atoms with Crippen molar-refractivity contribution in [2.75, 3.05) is 26.3 Å². The zero-order valence-electron chi connectivity index (χ0n) is 17.8. The van der Waals surface area contributed by atoms with Gasteiger partial charge in [-0.25, -0.2) is 4.79 Å². The molecule has 2 aromatic rings. The Balaban J connectivity index is 1.35. The van der Waals surface area contributed by atoms with E-state index in [0.717, 1.165) is 11.1 Å². The highest BCUT2D eigenvalue weighted by Crippen LogP contribution is 2.53. The van der Waals surface area contributed by atoms with Crippen molar-refractivity contribution in [2.45, 2.75) is 31.8 Å². The number of carboxylic acids is 1. The normalized spacial score (nSPS) is 26.1. The summed E-state index contributed by atoms with van der Waals surface area (Å²) < 4.78 is 11.6. The minimum absolute atomic E-state index is 0.0190. The van der Waals surface area contributed by atoms with Crippen LogP contribution in [0.5, 0.6) is 0 Å². The summed E-state index contributed by atoms with van der Waals surface area (Å²) in [4.78, 5) is 26.6. The molecule has 2 fully saturated rings. The third-order valence-corrected chi connectivity index (χ3v) is 7.65. The number of hydrogen-bond acceptors (Lipinski definition) is 4. The number of aliphatic carboxylic acids is 1. The van der Waals surface area contributed by atoms with Crippen molar-refractivity contribution in [3.8, 4) is 11.1 Å². The van der Waals surface area contributed by atoms with Crippen LogP contribution in [0.4, 0.5) is 4.79 Å². The van der Waals surface area contributed by atoms with Crippen molar-refractivity contribution in [1.29, 1.82) is 0 Å². The summed E-state index contributed by atoms with van der Waals surface area (Å²) in [7, 11) is 0. The molecule has 6 nitrogen and oxygen atoms in total. The smallest absolute Gasteiger partial charge is 0.409 e. The maximum absolute atomic E-state index is 13.0. The Hall–Kier alpha value is -2.86. The summed E-state index contributed by atoms with van der Waals surface area (Å²) in [6.45, 7) is 5.09. The Morgan fingerprint density at radius 3 is 2.26 bits per heavy atom. The third kappa shape index (κ3) is 2.96. The number of hydrogen-bond donors (Lipinski definition) is 1. The molecular formula is C25H27NO5. The first-order chi connectivity index (χ1) is 14.8. The summed E-state index contributed by atoms with van der Waals surface area (Å²) in [5, 5.41) is 9.86. The number of carbonyl (C=O) groups excluding carboxylic acids is 1. The molecule has 0 aromatic heterocycles. The van der Waals surface area contributed by atoms with E-state index in [1.807, 2.05) is 38.1 Å². The van der Waals surface area contributed by atoms with Gasteiger partial charge in [-0.3, -0.25) is 4.79 Å². The van der Waals surface area contributed by atoms with Crippen LogP contribution in [0.2, 0.25) is 0 Å². The van der Waals surface area contributed by atoms with E-state index in [2.05, 4.69) is 24.3 Å². The maximum atomic E-state index is 13.0. The van der Waals surface area contributed by atoms with Crippen molar-refractivity contribution in [3.05, 3.63) is 59.7 Å². The SMILES string of the molecule is CC1(C)OCCC12CN(C(=O)OCC1c3ccccc3-c3ccccc31)CC2C(=O)O. The van der Waals surface area contributed by atoms with E-state index in [0.29, 0.717) is 19.6 Å². The zero-order valence-corrected chi connectivity index (χ0v) is 17.8. The van der Waals surface area contributed by atoms with Crippen LogP contribution in [0.25, 0.3) is 11.1 Å². The number of amides is 1. The predicted octanol–water partition coefficient (Wildman–Crippen LogP) is 4.14. The van der Waals surface area contributed by atoms with Crippen LogP contribution in [0, 0.1) is 11.3 Å². The molecule has 162 valence electrons. The third-order valence-electron chi connectivity index (χ3n) is 7.65. The van der Waals surface area contributed by atoms with Crippen LogP contribution in [-0.2, 0) is 14.3 Å². The predicted molar refractivity (Wildman–Crippen MR) is 115 cm³/mol. The van der Waals surface area contributed by atoms with E-state index >= 15 is 0 Å². The van der Waals surface area contributed by atoms with E-state index in [-0.39, 0.29) is 19.1 Å². The summed E-state index contributed by atoms with van der Waals surface area (Å²) in [5.74, 6) is -1.56. The van der Waals surface area contributed by atoms with Gasteiger partial charge in [0, 0.05) is 31.0 Å². The highest BCUT2D eigenvalue weighted by atomic mass is 16.6. The van der Waals surface area contributed by atoms with Crippen molar-refractivity contribution < 1.29 is 24.2 Å². The van der Waals surface area contributed by atoms with Crippen LogP contribution < -0.4 is 0 Å². The van der Waals surface area contributed by atoms with E-state index < -0.39 is 29.0 Å². The van der Waals surface area contributed by atoms with Gasteiger partial charge in [-0.2, -0.15) is 0 Å². The van der Waals surface area contributed by atoms with Gasteiger partial charge in [0.25, 0.3) is 0 Å². The molecule has 2 atom stereocenters. The van der Waals surface area contributed by atoms with E-state index in [1.165, 1.54) is 11.1 Å². The van der Waals surface area contributed by atoms with Crippen LogP contribution in [0.3, 0.4) is 0 Å². The largest absolute Gasteiger partial charge is 0.481 e. The fourth-order valence-electron chi connectivity index (χ4n) is 5.85. The van der Waals surface area contributed by atoms with Crippen LogP contribution in [-0.4, -0.2) is 54.0 Å². The highest BCUT2D eigenvalue weighted by Gasteiger charge is 2.62. The maximum Gasteiger partial charge on any atom is 0.409 e. The number of carbonyl (C=O) groups is 2. The minimum Gasteiger partial charge on any atom is -0.481 e. The van der Waals surface area contributed by atoms with E-state index in [9.17, 15) is 14.7 Å². The first-order valence-corrected chi connectivity index (χ1v) is 10.8. The van der Waals surface area contributed by atoms with Gasteiger partial charge in [0.2, 0.25) is 0 Å². The molecule has 1 aliphatic carbocycles. The molecule has 0 radical (unpaired) electrons. The number of nitrogens with zero attached hydrogens (tertiary/aromatic N) is 1. The molecule has 1 spiro atoms. The minimum atomic E-state index is -0.882. The first kappa shape index (κ1) is 20.1. The van der Waals surface area contributed by atoms with Gasteiger partial charge in [-0.05, 0) is 42.5 Å². The lowest BCUT2D eigenvalue weighted by Crippen LogP contribution is -2.48. The Labute approximate surface area is 181 Å². The van der Waals surface area contributed by atoms with Crippen LogP contribution >= 0.6 is 0 Å². The fourth-order valence-corrected chi connectivity index (χ4v) is 5.85. The number of likely N-dealkylation sites (tertiary alicyclic amines) is 1. The highest BCUT2D eigenvalue weighted by molar-refractivity contribution is 5.79. The molecule has 0 bridgehead atoms. The number of benzene rings is 2. The lowest BCUT2D eigenvalue weighted by molar-refractivity contribution is -0.149. The summed E-state index contributed by atoms with van der Waals surface area (Å²) in [6.07, 6.45) is 0.178. The molecule has 6 heteroatoms. The average Bonchev–Trinajstić information content (AvgIpc) is 3.39. The van der Waals surface area contributed by atoms with Crippen LogP contribution in [0.1, 0.15) is 37.3 Å². The first-order valence-electron chi connectivity index (χ1n) is 10.8. The van der Waals surface area contributed by atoms with Gasteiger partial charge in [0.05, 0.1) is 11.5 Å². The zero-order chi connectivity index (χ0) is 21.8. The quantitative estimate of drug-likeness (QED) is 0.806. The summed E-state index contributed by atoms with van der Waals surface area (Å²) in [6, 6.07) is 16.4. The lowest BCUT2D eigenvalue weighted by atomic mass is 9.66. The van der Waals surface area contributed by atoms with Gasteiger partial charge in [0.1, 0.15) is 6.61 Å². The molecule has 2 saturated heterocycles. The number of fused-ring (bicyclic) bond motifs is 3. The van der Waals surface area contributed by atoms with E-state index in [4.69, 9.17) is 9.47 Å². The van der Waals surface area contributed by atoms with Gasteiger partial charge in [0.15, 0.2) is 0 Å². The number of ether oxygens (including phenoxy) is 2. The Kier molecular flexibility index (Phi) is 4.59. The second kappa shape index (κ2) is 7.09. The fraction of sp³-hybridized carbons (Fsp3) is 0.440. The van der Waals surface area contributed by atoms with Gasteiger partial charge >= 0.3 is 12.1 Å². The monoisotopic (exact) mass is 421 g/mol. The van der Waals surface area contributed by atoms with Crippen molar-refractivity contribution in [3.63, 3.8) is 0 Å². The molecule has 2 aromatic carbocycles. The van der Waals surface area contributed by atoms with Gasteiger partial charge in [-0.1, -0.05) is 48.5 Å². The average molecular weight is 421 g/mol. The van der Waals surface area contributed by atoms with Gasteiger partial charge in [-0.15, -0.1) is 0 Å². The Morgan fingerprint density at radius 2 is 1.71 bits per heavy atom. The van der Waals surface area contributed by atoms with Crippen molar-refractivity contribution in [1.82, 2.24) is 4.90 Å². The summed E-state index contributed by atoms with van der Waals surface area (Å²) >= 11 is 0. The molecule has 3 aliphatic rings. The molecule has 2 aliphatic heterocycles. The molecule has 1 amide bonds. The molecule has 2 unspecified atom stereocenters. The molecule has 1 N–H and O–H groups in total. The second-order valence-corrected chi connectivity index (χ2v) is 9.34. The Bertz CT molecular complexity index is 1000. The van der Waals surface area contributed by atoms with Crippen molar-refractivity contribution in [2.24, 2.45) is 11.3 Å². The number of carboxylic acid groups (broad SMARTS) is 1. The van der Waals surface area contributed by atoms with Crippen LogP contribution in [0.15, 0.2) is 48.5 Å². The molecule has 2 heterocycles. The topological polar surface area (TPSA) is 76.1 Å². The van der Waals surface area contributed by atoms with E-state index in [1.54, 1.807) is 4.90 Å². The van der Waals surface area contributed by atoms with Gasteiger partial charge < -0.3 is 19.5 Å². The second-order valence-electron chi connectivity index (χ2n) is 9.34. The standard InChI is InChI=1S/C25H27NO5/c1-24(2)25(11-12-31-24)15-26(13-21(25)22(27)28)23(29)30-14-20-18-9-5-3-7-16(18)17-8-4-6-10-19(17)20/h3-10,20-21H,11-15H2,1-2H3,(H,27,28). The Morgan fingerprint density at radius 1 is 1.10 bits per heavy atom. The lowest BCUT2D eigenvalue weighted by Gasteiger charge is -2.39. The molecule has 0 saturated carbocycles. The number of rotatable bonds is 3. The molecular weight excluding hydrogens is 394 g/mol.